The molecular formula is C7H10O2. The third kappa shape index (κ3) is 1.12. The Kier molecular flexibility index (Phi) is 1.56. The van der Waals surface area contributed by atoms with Crippen LogP contribution >= 0.6 is 0 Å². The van der Waals surface area contributed by atoms with Crippen molar-refractivity contribution in [3.05, 3.63) is 11.6 Å². The van der Waals surface area contributed by atoms with Gasteiger partial charge in [0, 0.05) is 5.57 Å². The minimum Gasteiger partial charge on any atom is -0.455 e. The summed E-state index contributed by atoms with van der Waals surface area (Å²) >= 11 is 0. The molecule has 1 heterocycles. The van der Waals surface area contributed by atoms with E-state index in [1.54, 1.807) is 6.92 Å². The lowest BCUT2D eigenvalue weighted by molar-refractivity contribution is -0.139. The van der Waals surface area contributed by atoms with Gasteiger partial charge in [-0.15, -0.1) is 0 Å². The first-order chi connectivity index (χ1) is 4.24. The molecule has 0 aromatic carbocycles. The molecule has 50 valence electrons. The van der Waals surface area contributed by atoms with E-state index in [9.17, 15) is 4.79 Å². The van der Waals surface area contributed by atoms with E-state index in [1.165, 1.54) is 0 Å². The Morgan fingerprint density at radius 2 is 2.44 bits per heavy atom. The Bertz CT molecular complexity index is 158. The van der Waals surface area contributed by atoms with Gasteiger partial charge < -0.3 is 4.74 Å². The largest absolute Gasteiger partial charge is 0.455 e. The number of carbonyl (C=O) groups excluding carboxylic acids is 1. The fourth-order valence-corrected chi connectivity index (χ4v) is 0.813. The van der Waals surface area contributed by atoms with Crippen LogP contribution in [0.1, 0.15) is 20.3 Å². The smallest absolute Gasteiger partial charge is 0.334 e. The van der Waals surface area contributed by atoms with Gasteiger partial charge in [-0.05, 0) is 19.4 Å². The molecule has 0 spiro atoms. The van der Waals surface area contributed by atoms with Gasteiger partial charge in [-0.25, -0.2) is 4.79 Å². The maximum atomic E-state index is 10.7. The monoisotopic (exact) mass is 126 g/mol. The molecule has 1 unspecified atom stereocenters. The first-order valence-electron chi connectivity index (χ1n) is 3.13. The minimum absolute atomic E-state index is 0.0394. The number of hydrogen-bond donors (Lipinski definition) is 0. The van der Waals surface area contributed by atoms with Crippen LogP contribution in [-0.4, -0.2) is 12.1 Å². The van der Waals surface area contributed by atoms with Crippen LogP contribution in [0.5, 0.6) is 0 Å². The second-order valence-corrected chi connectivity index (χ2v) is 2.20. The number of ether oxygens (including phenoxy) is 1. The molecule has 0 aromatic heterocycles. The second kappa shape index (κ2) is 2.21. The number of hydrogen-bond acceptors (Lipinski definition) is 2. The van der Waals surface area contributed by atoms with Crippen molar-refractivity contribution >= 4 is 5.97 Å². The van der Waals surface area contributed by atoms with Gasteiger partial charge in [0.15, 0.2) is 0 Å². The fourth-order valence-electron chi connectivity index (χ4n) is 0.813. The minimum atomic E-state index is -0.165. The SMILES string of the molecule is CCC1C=C(C)C(=O)O1. The Hall–Kier alpha value is -0.790. The van der Waals surface area contributed by atoms with Gasteiger partial charge in [0.1, 0.15) is 6.10 Å². The highest BCUT2D eigenvalue weighted by molar-refractivity contribution is 5.90. The summed E-state index contributed by atoms with van der Waals surface area (Å²) in [5, 5.41) is 0. The van der Waals surface area contributed by atoms with Crippen LogP contribution < -0.4 is 0 Å². The van der Waals surface area contributed by atoms with Crippen molar-refractivity contribution in [1.29, 1.82) is 0 Å². The molecule has 0 saturated heterocycles. The third-order valence-electron chi connectivity index (χ3n) is 1.42. The van der Waals surface area contributed by atoms with Crippen LogP contribution in [0.4, 0.5) is 0 Å². The van der Waals surface area contributed by atoms with Crippen LogP contribution in [0, 0.1) is 0 Å². The predicted molar refractivity (Wildman–Crippen MR) is 33.9 cm³/mol. The standard InChI is InChI=1S/C7H10O2/c1-3-6-4-5(2)7(8)9-6/h4,6H,3H2,1-2H3. The molecule has 9 heavy (non-hydrogen) atoms. The Labute approximate surface area is 54.5 Å². The number of esters is 1. The summed E-state index contributed by atoms with van der Waals surface area (Å²) in [6.07, 6.45) is 2.78. The zero-order valence-electron chi connectivity index (χ0n) is 5.68. The lowest BCUT2D eigenvalue weighted by Crippen LogP contribution is -2.05. The van der Waals surface area contributed by atoms with E-state index < -0.39 is 0 Å². The maximum absolute atomic E-state index is 10.7. The molecule has 1 atom stereocenters. The van der Waals surface area contributed by atoms with Gasteiger partial charge >= 0.3 is 5.97 Å². The number of carbonyl (C=O) groups is 1. The molecular weight excluding hydrogens is 116 g/mol. The van der Waals surface area contributed by atoms with E-state index in [4.69, 9.17) is 4.74 Å². The molecule has 0 bridgehead atoms. The van der Waals surface area contributed by atoms with Gasteiger partial charge in [0.2, 0.25) is 0 Å². The van der Waals surface area contributed by atoms with Crippen LogP contribution in [0.25, 0.3) is 0 Å². The molecule has 1 aliphatic rings. The molecule has 0 amide bonds. The summed E-state index contributed by atoms with van der Waals surface area (Å²) in [7, 11) is 0. The van der Waals surface area contributed by atoms with Crippen molar-refractivity contribution in [3.63, 3.8) is 0 Å². The molecule has 2 nitrogen and oxygen atoms in total. The summed E-state index contributed by atoms with van der Waals surface area (Å²) in [5.41, 5.74) is 0.738. The molecule has 0 fully saturated rings. The second-order valence-electron chi connectivity index (χ2n) is 2.20. The highest BCUT2D eigenvalue weighted by Gasteiger charge is 2.19. The lowest BCUT2D eigenvalue weighted by atomic mass is 10.2. The van der Waals surface area contributed by atoms with Crippen LogP contribution in [0.3, 0.4) is 0 Å². The summed E-state index contributed by atoms with van der Waals surface area (Å²) in [6.45, 7) is 3.77. The van der Waals surface area contributed by atoms with Crippen molar-refractivity contribution in [2.45, 2.75) is 26.4 Å². The average Bonchev–Trinajstić information content (AvgIpc) is 2.13. The molecule has 1 rings (SSSR count). The van der Waals surface area contributed by atoms with Crippen molar-refractivity contribution < 1.29 is 9.53 Å². The lowest BCUT2D eigenvalue weighted by Gasteiger charge is -2.01. The Morgan fingerprint density at radius 1 is 1.78 bits per heavy atom. The summed E-state index contributed by atoms with van der Waals surface area (Å²) in [6, 6.07) is 0. The van der Waals surface area contributed by atoms with E-state index in [1.807, 2.05) is 13.0 Å². The predicted octanol–water partition coefficient (Wildman–Crippen LogP) is 1.27. The van der Waals surface area contributed by atoms with Crippen LogP contribution in [0.15, 0.2) is 11.6 Å². The summed E-state index contributed by atoms with van der Waals surface area (Å²) in [5.74, 6) is -0.165. The third-order valence-corrected chi connectivity index (χ3v) is 1.42. The Balaban J connectivity index is 2.62. The normalized spacial score (nSPS) is 25.8. The molecule has 0 aromatic rings. The average molecular weight is 126 g/mol. The van der Waals surface area contributed by atoms with Gasteiger partial charge in [-0.3, -0.25) is 0 Å². The van der Waals surface area contributed by atoms with E-state index in [-0.39, 0.29) is 12.1 Å². The zero-order valence-corrected chi connectivity index (χ0v) is 5.68. The molecule has 0 saturated carbocycles. The fraction of sp³-hybridized carbons (Fsp3) is 0.571. The van der Waals surface area contributed by atoms with Gasteiger partial charge in [-0.2, -0.15) is 0 Å². The van der Waals surface area contributed by atoms with Crippen molar-refractivity contribution in [2.24, 2.45) is 0 Å². The molecule has 0 radical (unpaired) electrons. The molecule has 0 aliphatic carbocycles. The topological polar surface area (TPSA) is 26.3 Å². The quantitative estimate of drug-likeness (QED) is 0.494. The van der Waals surface area contributed by atoms with Crippen LogP contribution in [0.2, 0.25) is 0 Å². The van der Waals surface area contributed by atoms with Crippen LogP contribution in [-0.2, 0) is 9.53 Å². The van der Waals surface area contributed by atoms with E-state index in [0.29, 0.717) is 0 Å². The van der Waals surface area contributed by atoms with E-state index >= 15 is 0 Å². The molecule has 0 N–H and O–H groups in total. The number of cyclic esters (lactones) is 1. The Morgan fingerprint density at radius 3 is 2.67 bits per heavy atom. The van der Waals surface area contributed by atoms with Gasteiger partial charge in [-0.1, -0.05) is 6.92 Å². The van der Waals surface area contributed by atoms with Gasteiger partial charge in [0.25, 0.3) is 0 Å². The highest BCUT2D eigenvalue weighted by Crippen LogP contribution is 2.14. The van der Waals surface area contributed by atoms with Crippen molar-refractivity contribution in [3.8, 4) is 0 Å². The maximum Gasteiger partial charge on any atom is 0.334 e. The summed E-state index contributed by atoms with van der Waals surface area (Å²) < 4.78 is 4.89. The van der Waals surface area contributed by atoms with Gasteiger partial charge in [0.05, 0.1) is 0 Å². The summed E-state index contributed by atoms with van der Waals surface area (Å²) in [4.78, 5) is 10.7. The molecule has 1 aliphatic heterocycles. The van der Waals surface area contributed by atoms with E-state index in [0.717, 1.165) is 12.0 Å². The molecule has 2 heteroatoms. The zero-order chi connectivity index (χ0) is 6.85. The van der Waals surface area contributed by atoms with Crippen molar-refractivity contribution in [1.82, 2.24) is 0 Å². The van der Waals surface area contributed by atoms with Crippen molar-refractivity contribution in [2.75, 3.05) is 0 Å². The number of rotatable bonds is 1. The first-order valence-corrected chi connectivity index (χ1v) is 3.13. The van der Waals surface area contributed by atoms with E-state index in [2.05, 4.69) is 0 Å². The first kappa shape index (κ1) is 6.33. The highest BCUT2D eigenvalue weighted by atomic mass is 16.5.